The Morgan fingerprint density at radius 3 is 2.35 bits per heavy atom. The normalized spacial score (nSPS) is 32.2. The number of hydrogen-bond donors (Lipinski definition) is 2. The molecule has 0 aliphatic carbocycles. The third-order valence-corrected chi connectivity index (χ3v) is 7.94. The zero-order chi connectivity index (χ0) is 22.3. The maximum atomic E-state index is 16.6. The largest absolute Gasteiger partial charge is 0.365 e. The molecule has 0 radical (unpaired) electrons. The molecule has 3 aliphatic heterocycles. The number of amides is 2. The fourth-order valence-electron chi connectivity index (χ4n) is 4.75. The molecule has 2 aromatic rings. The number of aliphatic hydroxyl groups excluding tert-OH is 1. The number of piperazine rings is 1. The molecule has 0 unspecified atom stereocenters. The van der Waals surface area contributed by atoms with Crippen LogP contribution in [0, 0.1) is 0 Å². The van der Waals surface area contributed by atoms with Gasteiger partial charge in [0.05, 0.1) is 10.6 Å². The van der Waals surface area contributed by atoms with Crippen molar-refractivity contribution in [2.45, 2.75) is 35.1 Å². The number of anilines is 1. The molecule has 0 bridgehead atoms. The highest BCUT2D eigenvalue weighted by Gasteiger charge is 2.75. The summed E-state index contributed by atoms with van der Waals surface area (Å²) in [5.74, 6) is -2.27. The molecule has 9 nitrogen and oxygen atoms in total. The second kappa shape index (κ2) is 6.02. The monoisotopic (exact) mass is 447 g/mol. The molecule has 2 aromatic carbocycles. The fraction of sp³-hybridized carbons (Fsp3) is 0.300. The van der Waals surface area contributed by atoms with E-state index in [-0.39, 0.29) is 16.1 Å². The van der Waals surface area contributed by atoms with Crippen LogP contribution in [0.1, 0.15) is 12.0 Å². The molecule has 3 aliphatic rings. The van der Waals surface area contributed by atoms with Gasteiger partial charge in [-0.05, 0) is 18.2 Å². The molecule has 0 saturated carbocycles. The van der Waals surface area contributed by atoms with Gasteiger partial charge in [0.15, 0.2) is 11.8 Å². The predicted molar refractivity (Wildman–Crippen MR) is 104 cm³/mol. The number of rotatable bonds is 2. The zero-order valence-electron chi connectivity index (χ0n) is 16.2. The first-order valence-electron chi connectivity index (χ1n) is 9.44. The Morgan fingerprint density at radius 2 is 1.68 bits per heavy atom. The summed E-state index contributed by atoms with van der Waals surface area (Å²) in [6, 6.07) is 13.0. The summed E-state index contributed by atoms with van der Waals surface area (Å²) in [7, 11) is -3.31. The molecule has 11 heteroatoms. The van der Waals surface area contributed by atoms with E-state index in [1.54, 1.807) is 6.07 Å². The summed E-state index contributed by atoms with van der Waals surface area (Å²) in [6.07, 6.45) is -4.75. The summed E-state index contributed by atoms with van der Waals surface area (Å²) in [5, 5.41) is 21.3. The Labute approximate surface area is 177 Å². The van der Waals surface area contributed by atoms with E-state index in [1.165, 1.54) is 48.5 Å². The van der Waals surface area contributed by atoms with Gasteiger partial charge in [0.25, 0.3) is 21.8 Å². The van der Waals surface area contributed by atoms with E-state index in [0.29, 0.717) is 9.80 Å². The molecule has 0 spiro atoms. The van der Waals surface area contributed by atoms with Gasteiger partial charge in [0, 0.05) is 19.0 Å². The number of hydrogen-bond acceptors (Lipinski definition) is 6. The van der Waals surface area contributed by atoms with E-state index in [2.05, 4.69) is 0 Å². The molecular weight excluding hydrogens is 429 g/mol. The van der Waals surface area contributed by atoms with Crippen molar-refractivity contribution in [1.82, 2.24) is 9.80 Å². The number of carbonyl (C=O) groups is 2. The van der Waals surface area contributed by atoms with Crippen LogP contribution in [-0.2, 0) is 25.3 Å². The van der Waals surface area contributed by atoms with E-state index >= 15 is 4.39 Å². The van der Waals surface area contributed by atoms with Gasteiger partial charge >= 0.3 is 0 Å². The second-order valence-corrected chi connectivity index (χ2v) is 9.67. The molecule has 2 amide bonds. The van der Waals surface area contributed by atoms with Crippen LogP contribution >= 0.6 is 0 Å². The van der Waals surface area contributed by atoms with Crippen molar-refractivity contribution in [3.05, 3.63) is 60.2 Å². The van der Waals surface area contributed by atoms with E-state index in [9.17, 15) is 28.2 Å². The minimum atomic E-state index is -4.41. The Hall–Kier alpha value is -3.02. The van der Waals surface area contributed by atoms with Gasteiger partial charge in [-0.2, -0.15) is 0 Å². The summed E-state index contributed by atoms with van der Waals surface area (Å²) in [4.78, 5) is 26.7. The lowest BCUT2D eigenvalue weighted by atomic mass is 9.91. The van der Waals surface area contributed by atoms with Gasteiger partial charge in [-0.15, -0.1) is 0 Å². The van der Waals surface area contributed by atoms with Crippen molar-refractivity contribution in [2.24, 2.45) is 0 Å². The highest BCUT2D eigenvalue weighted by Crippen LogP contribution is 2.59. The summed E-state index contributed by atoms with van der Waals surface area (Å²) < 4.78 is 44.5. The lowest BCUT2D eigenvalue weighted by Gasteiger charge is -2.45. The van der Waals surface area contributed by atoms with Gasteiger partial charge in [-0.3, -0.25) is 14.5 Å². The van der Waals surface area contributed by atoms with Crippen molar-refractivity contribution in [2.75, 3.05) is 11.4 Å². The highest BCUT2D eigenvalue weighted by atomic mass is 32.2. The van der Waals surface area contributed by atoms with E-state index in [0.717, 1.165) is 11.4 Å². The molecule has 0 aromatic heterocycles. The van der Waals surface area contributed by atoms with Crippen LogP contribution in [-0.4, -0.2) is 65.4 Å². The predicted octanol–water partition coefficient (Wildman–Crippen LogP) is 0.0977. The van der Waals surface area contributed by atoms with Gasteiger partial charge in [-0.25, -0.2) is 17.1 Å². The van der Waals surface area contributed by atoms with Gasteiger partial charge < -0.3 is 15.1 Å². The van der Waals surface area contributed by atoms with Gasteiger partial charge in [0.2, 0.25) is 12.0 Å². The smallest absolute Gasteiger partial charge is 0.278 e. The van der Waals surface area contributed by atoms with Gasteiger partial charge in [0.1, 0.15) is 0 Å². The maximum absolute atomic E-state index is 16.6. The number of sulfonamides is 1. The summed E-state index contributed by atoms with van der Waals surface area (Å²) in [5.41, 5.74) is -5.30. The third kappa shape index (κ3) is 2.28. The lowest BCUT2D eigenvalue weighted by Crippen LogP contribution is -2.71. The molecule has 2 N–H and O–H groups in total. The lowest BCUT2D eigenvalue weighted by molar-refractivity contribution is -0.207. The zero-order valence-corrected chi connectivity index (χ0v) is 17.0. The average molecular weight is 447 g/mol. The van der Waals surface area contributed by atoms with E-state index in [1.807, 2.05) is 0 Å². The van der Waals surface area contributed by atoms with Crippen molar-refractivity contribution in [1.29, 1.82) is 0 Å². The molecule has 31 heavy (non-hydrogen) atoms. The van der Waals surface area contributed by atoms with Crippen LogP contribution in [0.4, 0.5) is 10.1 Å². The SMILES string of the molecule is CN1C(=O)[C@]2(O)C[C@]3(F)c4ccccc4N(S(=O)(=O)c4ccccc4)[C@@H]3N2C(=O)[C@H]1O. The fourth-order valence-corrected chi connectivity index (χ4v) is 6.42. The van der Waals surface area contributed by atoms with Crippen LogP contribution < -0.4 is 4.31 Å². The topological polar surface area (TPSA) is 118 Å². The first-order valence-corrected chi connectivity index (χ1v) is 10.9. The Balaban J connectivity index is 1.78. The molecule has 3 heterocycles. The standard InChI is InChI=1S/C20H18FN3O6S/c1-22-15(25)16(26)23-17-19(21,11-20(23,28)18(22)27)13-9-5-6-10-14(13)24(17)31(29,30)12-7-3-2-4-8-12/h2-10,15,17,25,28H,11H2,1H3/t15-,17+,19+,20-/m1/s1. The molecule has 4 atom stereocenters. The van der Waals surface area contributed by atoms with E-state index < -0.39 is 52.0 Å². The summed E-state index contributed by atoms with van der Waals surface area (Å²) in [6.45, 7) is 0. The van der Waals surface area contributed by atoms with Crippen LogP contribution in [0.3, 0.4) is 0 Å². The number of para-hydroxylation sites is 1. The molecule has 2 fully saturated rings. The minimum Gasteiger partial charge on any atom is -0.365 e. The number of nitrogens with zero attached hydrogens (tertiary/aromatic N) is 3. The average Bonchev–Trinajstić information content (AvgIpc) is 3.15. The Morgan fingerprint density at radius 1 is 1.06 bits per heavy atom. The number of fused-ring (bicyclic) bond motifs is 5. The highest BCUT2D eigenvalue weighted by molar-refractivity contribution is 7.92. The van der Waals surface area contributed by atoms with Crippen molar-refractivity contribution < 1.29 is 32.6 Å². The number of alkyl halides is 1. The third-order valence-electron chi connectivity index (χ3n) is 6.16. The van der Waals surface area contributed by atoms with Crippen LogP contribution in [0.15, 0.2) is 59.5 Å². The van der Waals surface area contributed by atoms with Crippen LogP contribution in [0.2, 0.25) is 0 Å². The van der Waals surface area contributed by atoms with Crippen LogP contribution in [0.25, 0.3) is 0 Å². The number of benzene rings is 2. The quantitative estimate of drug-likeness (QED) is 0.674. The molecule has 162 valence electrons. The van der Waals surface area contributed by atoms with Crippen molar-refractivity contribution in [3.63, 3.8) is 0 Å². The first kappa shape index (κ1) is 19.9. The number of halogens is 1. The summed E-state index contributed by atoms with van der Waals surface area (Å²) >= 11 is 0. The molecule has 2 saturated heterocycles. The number of likely N-dealkylation sites (N-methyl/N-ethyl adjacent to an activating group) is 1. The maximum Gasteiger partial charge on any atom is 0.278 e. The second-order valence-electron chi connectivity index (χ2n) is 7.86. The van der Waals surface area contributed by atoms with Crippen molar-refractivity contribution in [3.8, 4) is 0 Å². The molecule has 5 rings (SSSR count). The Kier molecular flexibility index (Phi) is 3.87. The molecular formula is C20H18FN3O6S. The first-order chi connectivity index (χ1) is 14.5. The van der Waals surface area contributed by atoms with Gasteiger partial charge in [-0.1, -0.05) is 36.4 Å². The minimum absolute atomic E-state index is 0.00503. The number of carbonyl (C=O) groups excluding carboxylic acids is 2. The van der Waals surface area contributed by atoms with E-state index in [4.69, 9.17) is 0 Å². The Bertz CT molecular complexity index is 1220. The van der Waals surface area contributed by atoms with Crippen molar-refractivity contribution >= 4 is 27.5 Å². The number of aliphatic hydroxyl groups is 2. The van der Waals surface area contributed by atoms with Crippen LogP contribution in [0.5, 0.6) is 0 Å².